The van der Waals surface area contributed by atoms with Crippen LogP contribution in [0.4, 0.5) is 18.9 Å². The minimum Gasteiger partial charge on any atom is -0.411 e. The molecule has 1 fully saturated rings. The average Bonchev–Trinajstić information content (AvgIpc) is 2.44. The highest BCUT2D eigenvalue weighted by Crippen LogP contribution is 2.32. The van der Waals surface area contributed by atoms with Gasteiger partial charge in [0, 0.05) is 12.8 Å². The van der Waals surface area contributed by atoms with Crippen molar-refractivity contribution in [2.45, 2.75) is 32.9 Å². The zero-order chi connectivity index (χ0) is 17.3. The van der Waals surface area contributed by atoms with Gasteiger partial charge in [0.15, 0.2) is 11.5 Å². The molecule has 0 spiro atoms. The third kappa shape index (κ3) is 4.08. The van der Waals surface area contributed by atoms with E-state index in [0.717, 1.165) is 12.1 Å². The molecule has 23 heavy (non-hydrogen) atoms. The molecule has 2 rings (SSSR count). The quantitative estimate of drug-likeness (QED) is 0.642. The number of oxime groups is 1. The normalized spacial score (nSPS) is 21.7. The molecule has 0 bridgehead atoms. The summed E-state index contributed by atoms with van der Waals surface area (Å²) in [7, 11) is 0. The van der Waals surface area contributed by atoms with E-state index in [0.29, 0.717) is 6.42 Å². The maximum atomic E-state index is 12.7. The lowest BCUT2D eigenvalue weighted by Crippen LogP contribution is -2.38. The molecule has 0 atom stereocenters. The molecule has 0 saturated heterocycles. The van der Waals surface area contributed by atoms with Gasteiger partial charge in [-0.2, -0.15) is 18.3 Å². The highest BCUT2D eigenvalue weighted by molar-refractivity contribution is 6.68. The summed E-state index contributed by atoms with van der Waals surface area (Å²) >= 11 is 0. The van der Waals surface area contributed by atoms with E-state index < -0.39 is 11.7 Å². The number of nitrogens with zero attached hydrogens (tertiary/aromatic N) is 2. The predicted molar refractivity (Wildman–Crippen MR) is 79.7 cm³/mol. The smallest absolute Gasteiger partial charge is 0.411 e. The lowest BCUT2D eigenvalue weighted by molar-refractivity contribution is -0.137. The van der Waals surface area contributed by atoms with Crippen LogP contribution in [-0.2, 0) is 11.0 Å². The van der Waals surface area contributed by atoms with Gasteiger partial charge in [0.2, 0.25) is 0 Å². The van der Waals surface area contributed by atoms with Crippen molar-refractivity contribution in [2.75, 3.05) is 5.43 Å². The summed E-state index contributed by atoms with van der Waals surface area (Å²) in [6.45, 7) is 3.71. The minimum absolute atomic E-state index is 0.0655. The first kappa shape index (κ1) is 17.0. The van der Waals surface area contributed by atoms with E-state index in [4.69, 9.17) is 5.21 Å². The van der Waals surface area contributed by atoms with Crippen molar-refractivity contribution in [2.24, 2.45) is 15.7 Å². The third-order valence-electron chi connectivity index (χ3n) is 3.43. The molecule has 0 heterocycles. The van der Waals surface area contributed by atoms with Crippen molar-refractivity contribution < 1.29 is 23.2 Å². The Kier molecular flexibility index (Phi) is 4.44. The highest BCUT2D eigenvalue weighted by atomic mass is 19.4. The van der Waals surface area contributed by atoms with Crippen molar-refractivity contribution in [3.05, 3.63) is 29.8 Å². The van der Waals surface area contributed by atoms with Gasteiger partial charge in [-0.3, -0.25) is 10.2 Å². The number of alkyl halides is 3. The second kappa shape index (κ2) is 6.02. The van der Waals surface area contributed by atoms with Crippen LogP contribution >= 0.6 is 0 Å². The van der Waals surface area contributed by atoms with Gasteiger partial charge >= 0.3 is 6.18 Å². The summed E-state index contributed by atoms with van der Waals surface area (Å²) < 4.78 is 38.0. The van der Waals surface area contributed by atoms with E-state index in [1.807, 2.05) is 13.8 Å². The molecule has 0 radical (unpaired) electrons. The summed E-state index contributed by atoms with van der Waals surface area (Å²) in [5, 5.41) is 16.0. The van der Waals surface area contributed by atoms with Gasteiger partial charge < -0.3 is 5.21 Å². The number of hydrogen-bond acceptors (Lipinski definition) is 5. The molecule has 8 heteroatoms. The zero-order valence-corrected chi connectivity index (χ0v) is 12.6. The zero-order valence-electron chi connectivity index (χ0n) is 12.6. The van der Waals surface area contributed by atoms with Gasteiger partial charge in [-0.05, 0) is 23.6 Å². The molecule has 5 nitrogen and oxygen atoms in total. The minimum atomic E-state index is -4.47. The summed E-state index contributed by atoms with van der Waals surface area (Å²) in [5.74, 6) is -0.325. The molecule has 1 aliphatic rings. The van der Waals surface area contributed by atoms with Gasteiger partial charge in [0.1, 0.15) is 5.71 Å². The number of ketones is 1. The van der Waals surface area contributed by atoms with Crippen LogP contribution in [0.1, 0.15) is 32.3 Å². The summed E-state index contributed by atoms with van der Waals surface area (Å²) in [5.41, 5.74) is 1.38. The van der Waals surface area contributed by atoms with Crippen molar-refractivity contribution in [3.63, 3.8) is 0 Å². The molecule has 1 aliphatic carbocycles. The number of hydrogen-bond donors (Lipinski definition) is 2. The number of carbonyl (C=O) groups excluding carboxylic acids is 1. The first-order valence-corrected chi connectivity index (χ1v) is 6.88. The molecular formula is C15H16F3N3O2. The third-order valence-corrected chi connectivity index (χ3v) is 3.43. The number of halogens is 3. The second-order valence-corrected chi connectivity index (χ2v) is 6.14. The van der Waals surface area contributed by atoms with Crippen molar-refractivity contribution >= 4 is 22.9 Å². The number of benzene rings is 1. The predicted octanol–water partition coefficient (Wildman–Crippen LogP) is 3.69. The van der Waals surface area contributed by atoms with Crippen LogP contribution in [0.5, 0.6) is 0 Å². The SMILES string of the molecule is CC1(C)CC(=O)C(=NNc2cccc(C(F)(F)F)c2)C(=NO)C1. The van der Waals surface area contributed by atoms with Crippen LogP contribution in [0.25, 0.3) is 0 Å². The fraction of sp³-hybridized carbons (Fsp3) is 0.400. The maximum Gasteiger partial charge on any atom is 0.416 e. The number of nitrogens with one attached hydrogen (secondary N) is 1. The maximum absolute atomic E-state index is 12.7. The molecule has 0 aliphatic heterocycles. The number of rotatable bonds is 2. The second-order valence-electron chi connectivity index (χ2n) is 6.14. The average molecular weight is 327 g/mol. The van der Waals surface area contributed by atoms with E-state index in [1.165, 1.54) is 12.1 Å². The van der Waals surface area contributed by atoms with Gasteiger partial charge in [-0.15, -0.1) is 0 Å². The van der Waals surface area contributed by atoms with Crippen LogP contribution in [-0.4, -0.2) is 22.4 Å². The number of hydrazone groups is 1. The molecule has 2 N–H and O–H groups in total. The van der Waals surface area contributed by atoms with Crippen molar-refractivity contribution in [3.8, 4) is 0 Å². The molecule has 1 aromatic rings. The van der Waals surface area contributed by atoms with Crippen LogP contribution in [0.3, 0.4) is 0 Å². The molecule has 1 aromatic carbocycles. The summed E-state index contributed by atoms with van der Waals surface area (Å²) in [6.07, 6.45) is -3.90. The van der Waals surface area contributed by atoms with E-state index in [2.05, 4.69) is 15.7 Å². The topological polar surface area (TPSA) is 74.0 Å². The summed E-state index contributed by atoms with van der Waals surface area (Å²) in [4.78, 5) is 12.1. The Morgan fingerprint density at radius 2 is 1.96 bits per heavy atom. The van der Waals surface area contributed by atoms with Gasteiger partial charge in [-0.1, -0.05) is 25.1 Å². The Morgan fingerprint density at radius 1 is 1.26 bits per heavy atom. The standard InChI is InChI=1S/C15H16F3N3O2/c1-14(2)7-11(21-23)13(12(22)8-14)20-19-10-5-3-4-9(6-10)15(16,17)18/h3-6,19,23H,7-8H2,1-2H3. The fourth-order valence-corrected chi connectivity index (χ4v) is 2.37. The lowest BCUT2D eigenvalue weighted by atomic mass is 9.75. The van der Waals surface area contributed by atoms with Crippen molar-refractivity contribution in [1.82, 2.24) is 0 Å². The molecular weight excluding hydrogens is 311 g/mol. The highest BCUT2D eigenvalue weighted by Gasteiger charge is 2.36. The van der Waals surface area contributed by atoms with E-state index in [1.54, 1.807) is 0 Å². The molecule has 0 amide bonds. The molecule has 1 saturated carbocycles. The van der Waals surface area contributed by atoms with E-state index in [9.17, 15) is 18.0 Å². The molecule has 0 unspecified atom stereocenters. The Hall–Kier alpha value is -2.38. The fourth-order valence-electron chi connectivity index (χ4n) is 2.37. The van der Waals surface area contributed by atoms with Crippen LogP contribution in [0, 0.1) is 5.41 Å². The first-order chi connectivity index (χ1) is 10.6. The van der Waals surface area contributed by atoms with Crippen LogP contribution in [0.15, 0.2) is 34.5 Å². The number of carbonyl (C=O) groups is 1. The Labute approximate surface area is 130 Å². The number of anilines is 1. The summed E-state index contributed by atoms with van der Waals surface area (Å²) in [6, 6.07) is 4.45. The largest absolute Gasteiger partial charge is 0.416 e. The first-order valence-electron chi connectivity index (χ1n) is 6.88. The molecule has 0 aromatic heterocycles. The van der Waals surface area contributed by atoms with Crippen LogP contribution < -0.4 is 5.43 Å². The Bertz CT molecular complexity index is 679. The van der Waals surface area contributed by atoms with Crippen LogP contribution in [0.2, 0.25) is 0 Å². The van der Waals surface area contributed by atoms with E-state index >= 15 is 0 Å². The van der Waals surface area contributed by atoms with Gasteiger partial charge in [0.05, 0.1) is 11.3 Å². The Balaban J connectivity index is 2.24. The van der Waals surface area contributed by atoms with Crippen molar-refractivity contribution in [1.29, 1.82) is 0 Å². The monoisotopic (exact) mass is 327 g/mol. The van der Waals surface area contributed by atoms with Gasteiger partial charge in [-0.25, -0.2) is 0 Å². The van der Waals surface area contributed by atoms with E-state index in [-0.39, 0.29) is 34.7 Å². The van der Waals surface area contributed by atoms with Gasteiger partial charge in [0.25, 0.3) is 0 Å². The lowest BCUT2D eigenvalue weighted by Gasteiger charge is -2.29. The molecule has 124 valence electrons. The number of Topliss-reactive ketones (excluding diaryl/α,β-unsaturated/α-hetero) is 1. The Morgan fingerprint density at radius 3 is 2.57 bits per heavy atom.